The van der Waals surface area contributed by atoms with E-state index < -0.39 is 11.7 Å². The van der Waals surface area contributed by atoms with Gasteiger partial charge in [-0.15, -0.1) is 0 Å². The van der Waals surface area contributed by atoms with Gasteiger partial charge in [-0.05, 0) is 33.6 Å². The standard InChI is InChI=1S/C12H17NO3/c1-8-9(14)13(7-12(8)5-6-12)10(15)16-11(2,3)4/h1,5-7H2,2-4H3. The zero-order valence-corrected chi connectivity index (χ0v) is 10.0. The average molecular weight is 223 g/mol. The molecule has 16 heavy (non-hydrogen) atoms. The molecule has 4 heteroatoms. The first-order chi connectivity index (χ1) is 7.25. The van der Waals surface area contributed by atoms with Crippen molar-refractivity contribution in [2.45, 2.75) is 39.2 Å². The molecule has 0 radical (unpaired) electrons. The van der Waals surface area contributed by atoms with Gasteiger partial charge in [0.25, 0.3) is 5.91 Å². The molecule has 0 N–H and O–H groups in total. The van der Waals surface area contributed by atoms with Crippen molar-refractivity contribution >= 4 is 12.0 Å². The summed E-state index contributed by atoms with van der Waals surface area (Å²) < 4.78 is 5.19. The Bertz CT molecular complexity index is 374. The Morgan fingerprint density at radius 2 is 2.00 bits per heavy atom. The van der Waals surface area contributed by atoms with Crippen molar-refractivity contribution in [3.05, 3.63) is 12.2 Å². The summed E-state index contributed by atoms with van der Waals surface area (Å²) in [5.41, 5.74) is -0.121. The predicted molar refractivity (Wildman–Crippen MR) is 58.8 cm³/mol. The summed E-state index contributed by atoms with van der Waals surface area (Å²) in [5, 5.41) is 0. The highest BCUT2D eigenvalue weighted by Gasteiger charge is 2.57. The number of likely N-dealkylation sites (tertiary alicyclic amines) is 1. The largest absolute Gasteiger partial charge is 0.443 e. The van der Waals surface area contributed by atoms with E-state index in [4.69, 9.17) is 4.74 Å². The number of rotatable bonds is 0. The summed E-state index contributed by atoms with van der Waals surface area (Å²) in [6.45, 7) is 9.58. The molecule has 0 bridgehead atoms. The Morgan fingerprint density at radius 1 is 1.44 bits per heavy atom. The van der Waals surface area contributed by atoms with Gasteiger partial charge in [-0.2, -0.15) is 0 Å². The summed E-state index contributed by atoms with van der Waals surface area (Å²) in [7, 11) is 0. The Balaban J connectivity index is 2.09. The molecule has 1 aliphatic carbocycles. The van der Waals surface area contributed by atoms with Crippen molar-refractivity contribution in [1.29, 1.82) is 0 Å². The van der Waals surface area contributed by atoms with E-state index >= 15 is 0 Å². The normalized spacial score (nSPS) is 22.8. The highest BCUT2D eigenvalue weighted by molar-refractivity contribution is 6.06. The summed E-state index contributed by atoms with van der Waals surface area (Å²) in [4.78, 5) is 24.8. The first-order valence-corrected chi connectivity index (χ1v) is 5.49. The number of hydrogen-bond acceptors (Lipinski definition) is 3. The molecular weight excluding hydrogens is 206 g/mol. The molecule has 4 nitrogen and oxygen atoms in total. The van der Waals surface area contributed by atoms with E-state index in [1.165, 1.54) is 4.90 Å². The van der Waals surface area contributed by atoms with E-state index in [-0.39, 0.29) is 11.3 Å². The van der Waals surface area contributed by atoms with Gasteiger partial charge in [0.05, 0.1) is 0 Å². The fourth-order valence-electron chi connectivity index (χ4n) is 1.93. The molecule has 0 aromatic heterocycles. The SMILES string of the molecule is C=C1C(=O)N(C(=O)OC(C)(C)C)CC12CC2. The van der Waals surface area contributed by atoms with Crippen LogP contribution >= 0.6 is 0 Å². The Morgan fingerprint density at radius 3 is 2.38 bits per heavy atom. The van der Waals surface area contributed by atoms with E-state index in [2.05, 4.69) is 6.58 Å². The third-order valence-electron chi connectivity index (χ3n) is 3.07. The molecule has 0 unspecified atom stereocenters. The minimum Gasteiger partial charge on any atom is -0.443 e. The van der Waals surface area contributed by atoms with E-state index in [0.717, 1.165) is 12.8 Å². The maximum atomic E-state index is 11.8. The minimum absolute atomic E-state index is 0.117. The number of nitrogens with zero attached hydrogens (tertiary/aromatic N) is 1. The molecule has 0 atom stereocenters. The zero-order valence-electron chi connectivity index (χ0n) is 10.0. The highest BCUT2D eigenvalue weighted by atomic mass is 16.6. The van der Waals surface area contributed by atoms with E-state index in [9.17, 15) is 9.59 Å². The first kappa shape index (κ1) is 11.2. The highest BCUT2D eigenvalue weighted by Crippen LogP contribution is 2.55. The summed E-state index contributed by atoms with van der Waals surface area (Å²) in [6.07, 6.45) is 1.36. The maximum Gasteiger partial charge on any atom is 0.417 e. The van der Waals surface area contributed by atoms with Gasteiger partial charge in [0.15, 0.2) is 0 Å². The molecule has 1 aliphatic heterocycles. The van der Waals surface area contributed by atoms with Gasteiger partial charge in [0, 0.05) is 17.5 Å². The van der Waals surface area contributed by atoms with Crippen molar-refractivity contribution in [1.82, 2.24) is 4.90 Å². The molecule has 1 saturated heterocycles. The lowest BCUT2D eigenvalue weighted by atomic mass is 10.0. The lowest BCUT2D eigenvalue weighted by Crippen LogP contribution is -2.38. The molecule has 1 saturated carbocycles. The van der Waals surface area contributed by atoms with Gasteiger partial charge < -0.3 is 4.74 Å². The van der Waals surface area contributed by atoms with Crippen LogP contribution in [0.4, 0.5) is 4.79 Å². The molecular formula is C12H17NO3. The fourth-order valence-corrected chi connectivity index (χ4v) is 1.93. The molecule has 88 valence electrons. The van der Waals surface area contributed by atoms with Crippen molar-refractivity contribution in [3.63, 3.8) is 0 Å². The topological polar surface area (TPSA) is 46.6 Å². The number of carbonyl (C=O) groups is 2. The Hall–Kier alpha value is -1.32. The van der Waals surface area contributed by atoms with Crippen LogP contribution < -0.4 is 0 Å². The lowest BCUT2D eigenvalue weighted by molar-refractivity contribution is -0.124. The van der Waals surface area contributed by atoms with Crippen LogP contribution in [0.1, 0.15) is 33.6 Å². The molecule has 1 heterocycles. The third-order valence-corrected chi connectivity index (χ3v) is 3.07. The van der Waals surface area contributed by atoms with Gasteiger partial charge in [0.1, 0.15) is 5.60 Å². The molecule has 2 amide bonds. The molecule has 2 rings (SSSR count). The van der Waals surface area contributed by atoms with E-state index in [0.29, 0.717) is 12.1 Å². The summed E-state index contributed by atoms with van der Waals surface area (Å²) in [6, 6.07) is 0. The molecule has 2 aliphatic rings. The number of amides is 2. The minimum atomic E-state index is -0.571. The second-order valence-corrected chi connectivity index (χ2v) is 5.63. The summed E-state index contributed by atoms with van der Waals surface area (Å²) >= 11 is 0. The van der Waals surface area contributed by atoms with Gasteiger partial charge in [0.2, 0.25) is 0 Å². The van der Waals surface area contributed by atoms with E-state index in [1.54, 1.807) is 20.8 Å². The van der Waals surface area contributed by atoms with Crippen molar-refractivity contribution in [2.75, 3.05) is 6.54 Å². The number of hydrogen-bond donors (Lipinski definition) is 0. The van der Waals surface area contributed by atoms with Crippen molar-refractivity contribution in [3.8, 4) is 0 Å². The maximum absolute atomic E-state index is 11.8. The van der Waals surface area contributed by atoms with Crippen LogP contribution in [0.15, 0.2) is 12.2 Å². The molecule has 2 fully saturated rings. The molecule has 0 aromatic rings. The molecule has 0 aromatic carbocycles. The first-order valence-electron chi connectivity index (χ1n) is 5.49. The Kier molecular flexibility index (Phi) is 2.16. The third kappa shape index (κ3) is 1.72. The van der Waals surface area contributed by atoms with Crippen LogP contribution in [0.3, 0.4) is 0 Å². The fraction of sp³-hybridized carbons (Fsp3) is 0.667. The number of imide groups is 1. The van der Waals surface area contributed by atoms with Crippen LogP contribution in [0.25, 0.3) is 0 Å². The van der Waals surface area contributed by atoms with Gasteiger partial charge in [-0.1, -0.05) is 6.58 Å². The lowest BCUT2D eigenvalue weighted by Gasteiger charge is -2.23. The number of carbonyl (C=O) groups excluding carboxylic acids is 2. The van der Waals surface area contributed by atoms with Crippen molar-refractivity contribution < 1.29 is 14.3 Å². The van der Waals surface area contributed by atoms with Crippen LogP contribution in [-0.2, 0) is 9.53 Å². The number of ether oxygens (including phenoxy) is 1. The monoisotopic (exact) mass is 223 g/mol. The average Bonchev–Trinajstić information content (AvgIpc) is 2.85. The molecule has 1 spiro atoms. The van der Waals surface area contributed by atoms with Gasteiger partial charge in [-0.25, -0.2) is 9.69 Å². The van der Waals surface area contributed by atoms with E-state index in [1.807, 2.05) is 0 Å². The predicted octanol–water partition coefficient (Wildman–Crippen LogP) is 2.10. The quantitative estimate of drug-likeness (QED) is 0.591. The van der Waals surface area contributed by atoms with Crippen molar-refractivity contribution in [2.24, 2.45) is 5.41 Å². The smallest absolute Gasteiger partial charge is 0.417 e. The van der Waals surface area contributed by atoms with Gasteiger partial charge >= 0.3 is 6.09 Å². The second-order valence-electron chi connectivity index (χ2n) is 5.63. The summed E-state index contributed by atoms with van der Waals surface area (Å²) in [5.74, 6) is -0.272. The van der Waals surface area contributed by atoms with Crippen LogP contribution in [0, 0.1) is 5.41 Å². The van der Waals surface area contributed by atoms with Crippen LogP contribution in [0.2, 0.25) is 0 Å². The zero-order chi connectivity index (χ0) is 12.1. The second kappa shape index (κ2) is 3.09. The van der Waals surface area contributed by atoms with Gasteiger partial charge in [-0.3, -0.25) is 4.79 Å². The van der Waals surface area contributed by atoms with Crippen LogP contribution in [0.5, 0.6) is 0 Å². The van der Waals surface area contributed by atoms with Crippen LogP contribution in [-0.4, -0.2) is 29.0 Å². The Labute approximate surface area is 95.2 Å².